The minimum Gasteiger partial charge on any atom is -0.491 e. The first-order valence-corrected chi connectivity index (χ1v) is 8.93. The summed E-state index contributed by atoms with van der Waals surface area (Å²) in [7, 11) is 0. The van der Waals surface area contributed by atoms with Crippen molar-refractivity contribution in [3.8, 4) is 5.75 Å². The third-order valence-corrected chi connectivity index (χ3v) is 4.83. The van der Waals surface area contributed by atoms with E-state index in [1.807, 2.05) is 43.5 Å². The topological polar surface area (TPSA) is 63.4 Å². The summed E-state index contributed by atoms with van der Waals surface area (Å²) in [4.78, 5) is 15.7. The number of amides is 1. The van der Waals surface area contributed by atoms with Gasteiger partial charge in [0.1, 0.15) is 12.4 Å². The van der Waals surface area contributed by atoms with Gasteiger partial charge >= 0.3 is 0 Å². The Balaban J connectivity index is 1.41. The van der Waals surface area contributed by atoms with Crippen LogP contribution in [0.5, 0.6) is 5.75 Å². The number of hydrogen-bond acceptors (Lipinski definition) is 3. The minimum absolute atomic E-state index is 0.131. The van der Waals surface area contributed by atoms with Crippen molar-refractivity contribution in [3.63, 3.8) is 0 Å². The number of ether oxygens (including phenoxy) is 2. The van der Waals surface area contributed by atoms with Crippen molar-refractivity contribution in [2.24, 2.45) is 0 Å². The Bertz CT molecular complexity index is 909. The maximum atomic E-state index is 12.5. The zero-order chi connectivity index (χ0) is 17.9. The van der Waals surface area contributed by atoms with Crippen molar-refractivity contribution in [1.82, 2.24) is 4.98 Å². The van der Waals surface area contributed by atoms with Crippen LogP contribution in [0, 0.1) is 6.92 Å². The van der Waals surface area contributed by atoms with Gasteiger partial charge in [-0.3, -0.25) is 4.79 Å². The number of aryl methyl sites for hydroxylation is 1. The van der Waals surface area contributed by atoms with Gasteiger partial charge in [-0.15, -0.1) is 0 Å². The molecule has 5 heteroatoms. The monoisotopic (exact) mass is 350 g/mol. The van der Waals surface area contributed by atoms with Crippen LogP contribution in [-0.2, 0) is 4.74 Å². The highest BCUT2D eigenvalue weighted by atomic mass is 16.5. The van der Waals surface area contributed by atoms with Gasteiger partial charge in [0.15, 0.2) is 0 Å². The van der Waals surface area contributed by atoms with E-state index >= 15 is 0 Å². The number of aromatic nitrogens is 1. The smallest absolute Gasteiger partial charge is 0.255 e. The molecule has 4 rings (SSSR count). The Morgan fingerprint density at radius 3 is 2.85 bits per heavy atom. The van der Waals surface area contributed by atoms with Crippen LogP contribution in [0.25, 0.3) is 10.9 Å². The van der Waals surface area contributed by atoms with Crippen LogP contribution in [0.15, 0.2) is 48.7 Å². The first kappa shape index (κ1) is 16.7. The summed E-state index contributed by atoms with van der Waals surface area (Å²) in [5.74, 6) is 0.621. The van der Waals surface area contributed by atoms with Crippen molar-refractivity contribution in [2.45, 2.75) is 25.9 Å². The predicted octanol–water partition coefficient (Wildman–Crippen LogP) is 4.29. The molecule has 3 aromatic rings. The summed E-state index contributed by atoms with van der Waals surface area (Å²) in [5, 5.41) is 4.10. The molecule has 1 aliphatic rings. The number of aromatic amines is 1. The van der Waals surface area contributed by atoms with Gasteiger partial charge in [-0.25, -0.2) is 0 Å². The Morgan fingerprint density at radius 2 is 2.08 bits per heavy atom. The molecule has 1 aromatic heterocycles. The summed E-state index contributed by atoms with van der Waals surface area (Å²) >= 11 is 0. The molecule has 1 atom stereocenters. The van der Waals surface area contributed by atoms with Gasteiger partial charge < -0.3 is 19.8 Å². The zero-order valence-corrected chi connectivity index (χ0v) is 14.7. The van der Waals surface area contributed by atoms with Gasteiger partial charge in [0.05, 0.1) is 6.10 Å². The third-order valence-electron chi connectivity index (χ3n) is 4.83. The fraction of sp³-hybridized carbons (Fsp3) is 0.286. The molecule has 1 amide bonds. The fourth-order valence-corrected chi connectivity index (χ4v) is 3.28. The van der Waals surface area contributed by atoms with E-state index in [1.165, 1.54) is 0 Å². The maximum Gasteiger partial charge on any atom is 0.255 e. The van der Waals surface area contributed by atoms with Gasteiger partial charge in [-0.2, -0.15) is 0 Å². The minimum atomic E-state index is -0.131. The summed E-state index contributed by atoms with van der Waals surface area (Å²) < 4.78 is 11.3. The molecular weight excluding hydrogens is 328 g/mol. The van der Waals surface area contributed by atoms with Crippen molar-refractivity contribution < 1.29 is 14.3 Å². The number of benzene rings is 2. The van der Waals surface area contributed by atoms with E-state index in [4.69, 9.17) is 9.47 Å². The van der Waals surface area contributed by atoms with Crippen LogP contribution < -0.4 is 10.1 Å². The normalized spacial score (nSPS) is 16.7. The maximum absolute atomic E-state index is 12.5. The molecule has 1 fully saturated rings. The number of nitrogens with one attached hydrogen (secondary N) is 2. The van der Waals surface area contributed by atoms with E-state index in [0.717, 1.165) is 47.4 Å². The lowest BCUT2D eigenvalue weighted by Gasteiger charge is -2.12. The zero-order valence-electron chi connectivity index (χ0n) is 14.7. The first-order chi connectivity index (χ1) is 12.7. The van der Waals surface area contributed by atoms with Crippen molar-refractivity contribution in [1.29, 1.82) is 0 Å². The lowest BCUT2D eigenvalue weighted by molar-refractivity contribution is 0.0679. The highest BCUT2D eigenvalue weighted by Crippen LogP contribution is 2.25. The van der Waals surface area contributed by atoms with Crippen LogP contribution >= 0.6 is 0 Å². The molecule has 0 bridgehead atoms. The van der Waals surface area contributed by atoms with Crippen LogP contribution in [0.1, 0.15) is 28.8 Å². The van der Waals surface area contributed by atoms with E-state index in [2.05, 4.69) is 10.3 Å². The summed E-state index contributed by atoms with van der Waals surface area (Å²) in [6.45, 7) is 3.39. The summed E-state index contributed by atoms with van der Waals surface area (Å²) in [5.41, 5.74) is 3.53. The lowest BCUT2D eigenvalue weighted by Crippen LogP contribution is -2.16. The molecule has 2 N–H and O–H groups in total. The molecule has 2 aromatic carbocycles. The van der Waals surface area contributed by atoms with Gasteiger partial charge in [-0.05, 0) is 67.8 Å². The highest BCUT2D eigenvalue weighted by molar-refractivity contribution is 6.06. The van der Waals surface area contributed by atoms with Crippen LogP contribution in [-0.4, -0.2) is 30.2 Å². The fourth-order valence-electron chi connectivity index (χ4n) is 3.28. The largest absolute Gasteiger partial charge is 0.491 e. The van der Waals surface area contributed by atoms with E-state index in [0.29, 0.717) is 12.2 Å². The molecule has 0 aliphatic carbocycles. The SMILES string of the molecule is Cc1c(NC(=O)c2ccc(OC[C@@H]3CCCO3)cc2)ccc2[nH]ccc12. The molecule has 0 saturated carbocycles. The second-order valence-electron chi connectivity index (χ2n) is 6.60. The molecule has 26 heavy (non-hydrogen) atoms. The Morgan fingerprint density at radius 1 is 1.23 bits per heavy atom. The molecule has 0 radical (unpaired) electrons. The highest BCUT2D eigenvalue weighted by Gasteiger charge is 2.16. The van der Waals surface area contributed by atoms with Crippen molar-refractivity contribution in [3.05, 3.63) is 59.8 Å². The van der Waals surface area contributed by atoms with Gasteiger partial charge in [0, 0.05) is 35.0 Å². The average Bonchev–Trinajstić information content (AvgIpc) is 3.34. The molecule has 134 valence electrons. The van der Waals surface area contributed by atoms with Gasteiger partial charge in [0.25, 0.3) is 5.91 Å². The molecular formula is C21H22N2O3. The van der Waals surface area contributed by atoms with Crippen molar-refractivity contribution >= 4 is 22.5 Å². The molecule has 1 saturated heterocycles. The van der Waals surface area contributed by atoms with Crippen LogP contribution in [0.3, 0.4) is 0 Å². The summed E-state index contributed by atoms with van der Waals surface area (Å²) in [6.07, 6.45) is 4.23. The number of hydrogen-bond donors (Lipinski definition) is 2. The molecule has 5 nitrogen and oxygen atoms in total. The quantitative estimate of drug-likeness (QED) is 0.722. The van der Waals surface area contributed by atoms with E-state index in [-0.39, 0.29) is 12.0 Å². The van der Waals surface area contributed by atoms with E-state index in [1.54, 1.807) is 12.1 Å². The standard InChI is InChI=1S/C21H22N2O3/c1-14-18-10-11-22-20(18)9-8-19(14)23-21(24)15-4-6-16(7-5-15)26-13-17-3-2-12-25-17/h4-11,17,22H,2-3,12-13H2,1H3,(H,23,24)/t17-/m0/s1. The Hall–Kier alpha value is -2.79. The second kappa shape index (κ2) is 7.22. The van der Waals surface area contributed by atoms with Crippen LogP contribution in [0.4, 0.5) is 5.69 Å². The summed E-state index contributed by atoms with van der Waals surface area (Å²) in [6, 6.07) is 13.1. The average molecular weight is 350 g/mol. The third kappa shape index (κ3) is 3.44. The predicted molar refractivity (Wildman–Crippen MR) is 102 cm³/mol. The number of carbonyl (C=O) groups is 1. The van der Waals surface area contributed by atoms with Gasteiger partial charge in [0.2, 0.25) is 0 Å². The number of anilines is 1. The number of fused-ring (bicyclic) bond motifs is 1. The number of rotatable bonds is 5. The Labute approximate surface area is 152 Å². The van der Waals surface area contributed by atoms with E-state index in [9.17, 15) is 4.79 Å². The first-order valence-electron chi connectivity index (χ1n) is 8.93. The number of carbonyl (C=O) groups excluding carboxylic acids is 1. The Kier molecular flexibility index (Phi) is 4.63. The molecule has 1 aliphatic heterocycles. The van der Waals surface area contributed by atoms with E-state index < -0.39 is 0 Å². The van der Waals surface area contributed by atoms with Crippen LogP contribution in [0.2, 0.25) is 0 Å². The molecule has 2 heterocycles. The van der Waals surface area contributed by atoms with Gasteiger partial charge in [-0.1, -0.05) is 0 Å². The molecule has 0 spiro atoms. The lowest BCUT2D eigenvalue weighted by atomic mass is 10.1. The second-order valence-corrected chi connectivity index (χ2v) is 6.60. The van der Waals surface area contributed by atoms with Crippen molar-refractivity contribution in [2.75, 3.05) is 18.5 Å². The molecule has 0 unspecified atom stereocenters. The number of H-pyrrole nitrogens is 1.